The summed E-state index contributed by atoms with van der Waals surface area (Å²) in [5, 5.41) is 8.89. The molecule has 0 aromatic heterocycles. The standard InChI is InChI=1S/C16H23NO3/c18-11-5-9-15-8-4-10-17(15)12-16(19)20-13-14-6-2-1-3-7-14/h1-3,6-7,15,18H,4-5,8-13H2. The molecule has 4 heteroatoms. The average molecular weight is 277 g/mol. The normalized spacial score (nSPS) is 19.1. The molecule has 0 bridgehead atoms. The molecule has 1 heterocycles. The van der Waals surface area contributed by atoms with Crippen LogP contribution < -0.4 is 0 Å². The third-order valence-corrected chi connectivity index (χ3v) is 3.77. The summed E-state index contributed by atoms with van der Waals surface area (Å²) < 4.78 is 5.31. The Morgan fingerprint density at radius 1 is 1.35 bits per heavy atom. The quantitative estimate of drug-likeness (QED) is 0.774. The topological polar surface area (TPSA) is 49.8 Å². The molecule has 1 saturated heterocycles. The summed E-state index contributed by atoms with van der Waals surface area (Å²) in [6.45, 7) is 1.89. The molecule has 1 aromatic rings. The van der Waals surface area contributed by atoms with Crippen molar-refractivity contribution in [3.8, 4) is 0 Å². The first-order valence-electron chi connectivity index (χ1n) is 7.34. The number of likely N-dealkylation sites (tertiary alicyclic amines) is 1. The lowest BCUT2D eigenvalue weighted by Gasteiger charge is -2.23. The van der Waals surface area contributed by atoms with Gasteiger partial charge in [0.05, 0.1) is 6.54 Å². The first kappa shape index (κ1) is 15.0. The number of hydrogen-bond acceptors (Lipinski definition) is 4. The van der Waals surface area contributed by atoms with Gasteiger partial charge in [0.2, 0.25) is 0 Å². The summed E-state index contributed by atoms with van der Waals surface area (Å²) in [6.07, 6.45) is 4.01. The third-order valence-electron chi connectivity index (χ3n) is 3.77. The van der Waals surface area contributed by atoms with Crippen molar-refractivity contribution in [3.63, 3.8) is 0 Å². The zero-order valence-electron chi connectivity index (χ0n) is 11.8. The fourth-order valence-electron chi connectivity index (χ4n) is 2.71. The smallest absolute Gasteiger partial charge is 0.320 e. The second kappa shape index (κ2) is 8.02. The minimum Gasteiger partial charge on any atom is -0.460 e. The predicted octanol–water partition coefficient (Wildman–Crippen LogP) is 1.97. The molecule has 0 aliphatic carbocycles. The van der Waals surface area contributed by atoms with Gasteiger partial charge in [0.1, 0.15) is 6.61 Å². The maximum atomic E-state index is 11.9. The number of carbonyl (C=O) groups excluding carboxylic acids is 1. The van der Waals surface area contributed by atoms with Gasteiger partial charge in [-0.1, -0.05) is 30.3 Å². The van der Waals surface area contributed by atoms with E-state index in [0.29, 0.717) is 19.2 Å². The lowest BCUT2D eigenvalue weighted by Crippen LogP contribution is -2.35. The van der Waals surface area contributed by atoms with E-state index in [1.54, 1.807) is 0 Å². The molecular formula is C16H23NO3. The van der Waals surface area contributed by atoms with E-state index in [1.165, 1.54) is 0 Å². The number of aliphatic hydroxyl groups excluding tert-OH is 1. The lowest BCUT2D eigenvalue weighted by molar-refractivity contribution is -0.146. The van der Waals surface area contributed by atoms with Crippen molar-refractivity contribution < 1.29 is 14.6 Å². The number of rotatable bonds is 7. The van der Waals surface area contributed by atoms with Crippen LogP contribution in [0.4, 0.5) is 0 Å². The molecule has 1 atom stereocenters. The predicted molar refractivity (Wildman–Crippen MR) is 77.2 cm³/mol. The molecule has 1 aliphatic rings. The van der Waals surface area contributed by atoms with Gasteiger partial charge in [0, 0.05) is 12.6 Å². The molecule has 4 nitrogen and oxygen atoms in total. The molecule has 1 fully saturated rings. The summed E-state index contributed by atoms with van der Waals surface area (Å²) in [4.78, 5) is 14.1. The number of aliphatic hydroxyl groups is 1. The first-order chi connectivity index (χ1) is 9.79. The molecule has 1 N–H and O–H groups in total. The van der Waals surface area contributed by atoms with E-state index in [2.05, 4.69) is 4.90 Å². The van der Waals surface area contributed by atoms with E-state index in [-0.39, 0.29) is 12.6 Å². The van der Waals surface area contributed by atoms with Gasteiger partial charge in [-0.2, -0.15) is 0 Å². The third kappa shape index (κ3) is 4.62. The van der Waals surface area contributed by atoms with Crippen molar-refractivity contribution in [2.75, 3.05) is 19.7 Å². The van der Waals surface area contributed by atoms with Crippen LogP contribution >= 0.6 is 0 Å². The van der Waals surface area contributed by atoms with E-state index in [4.69, 9.17) is 9.84 Å². The molecule has 1 aromatic carbocycles. The highest BCUT2D eigenvalue weighted by Gasteiger charge is 2.26. The SMILES string of the molecule is O=C(CN1CCCC1CCCO)OCc1ccccc1. The van der Waals surface area contributed by atoms with Gasteiger partial charge in [0.25, 0.3) is 0 Å². The molecule has 0 spiro atoms. The molecule has 2 rings (SSSR count). The summed E-state index contributed by atoms with van der Waals surface area (Å²) in [5.74, 6) is -0.162. The van der Waals surface area contributed by atoms with E-state index in [0.717, 1.165) is 37.8 Å². The maximum Gasteiger partial charge on any atom is 0.320 e. The van der Waals surface area contributed by atoms with Crippen LogP contribution in [0.5, 0.6) is 0 Å². The van der Waals surface area contributed by atoms with Gasteiger partial charge in [-0.05, 0) is 37.8 Å². The van der Waals surface area contributed by atoms with Crippen molar-refractivity contribution in [2.24, 2.45) is 0 Å². The largest absolute Gasteiger partial charge is 0.460 e. The summed E-state index contributed by atoms with van der Waals surface area (Å²) >= 11 is 0. The van der Waals surface area contributed by atoms with Crippen LogP contribution in [0.1, 0.15) is 31.2 Å². The lowest BCUT2D eigenvalue weighted by atomic mass is 10.1. The number of ether oxygens (including phenoxy) is 1. The Morgan fingerprint density at radius 2 is 2.15 bits per heavy atom. The van der Waals surface area contributed by atoms with Crippen LogP contribution in [0.3, 0.4) is 0 Å². The number of hydrogen-bond donors (Lipinski definition) is 1. The zero-order chi connectivity index (χ0) is 14.2. The summed E-state index contributed by atoms with van der Waals surface area (Å²) in [5.41, 5.74) is 1.01. The molecule has 0 saturated carbocycles. The van der Waals surface area contributed by atoms with Crippen LogP contribution in [-0.2, 0) is 16.1 Å². The maximum absolute atomic E-state index is 11.9. The van der Waals surface area contributed by atoms with Gasteiger partial charge in [0.15, 0.2) is 0 Å². The Bertz CT molecular complexity index is 407. The fraction of sp³-hybridized carbons (Fsp3) is 0.562. The van der Waals surface area contributed by atoms with Gasteiger partial charge >= 0.3 is 5.97 Å². The zero-order valence-corrected chi connectivity index (χ0v) is 11.8. The van der Waals surface area contributed by atoms with E-state index >= 15 is 0 Å². The molecule has 1 aliphatic heterocycles. The van der Waals surface area contributed by atoms with Gasteiger partial charge in [-0.25, -0.2) is 0 Å². The monoisotopic (exact) mass is 277 g/mol. The summed E-state index contributed by atoms with van der Waals surface area (Å²) in [6, 6.07) is 10.1. The van der Waals surface area contributed by atoms with Gasteiger partial charge in [-0.15, -0.1) is 0 Å². The number of nitrogens with zero attached hydrogens (tertiary/aromatic N) is 1. The second-order valence-corrected chi connectivity index (χ2v) is 5.28. The highest BCUT2D eigenvalue weighted by molar-refractivity contribution is 5.71. The molecular weight excluding hydrogens is 254 g/mol. The van der Waals surface area contributed by atoms with E-state index in [1.807, 2.05) is 30.3 Å². The Morgan fingerprint density at radius 3 is 2.90 bits per heavy atom. The number of benzene rings is 1. The van der Waals surface area contributed by atoms with Crippen molar-refractivity contribution in [1.29, 1.82) is 0 Å². The minimum absolute atomic E-state index is 0.162. The summed E-state index contributed by atoms with van der Waals surface area (Å²) in [7, 11) is 0. The van der Waals surface area contributed by atoms with Crippen LogP contribution in [0, 0.1) is 0 Å². The van der Waals surface area contributed by atoms with Crippen LogP contribution in [0.2, 0.25) is 0 Å². The molecule has 20 heavy (non-hydrogen) atoms. The average Bonchev–Trinajstić information content (AvgIpc) is 2.91. The fourth-order valence-corrected chi connectivity index (χ4v) is 2.71. The van der Waals surface area contributed by atoms with Gasteiger partial charge in [-0.3, -0.25) is 9.69 Å². The van der Waals surface area contributed by atoms with Gasteiger partial charge < -0.3 is 9.84 Å². The second-order valence-electron chi connectivity index (χ2n) is 5.28. The Labute approximate surface area is 120 Å². The highest BCUT2D eigenvalue weighted by atomic mass is 16.5. The van der Waals surface area contributed by atoms with Crippen molar-refractivity contribution in [1.82, 2.24) is 4.90 Å². The van der Waals surface area contributed by atoms with Crippen molar-refractivity contribution in [2.45, 2.75) is 38.3 Å². The molecule has 110 valence electrons. The highest BCUT2D eigenvalue weighted by Crippen LogP contribution is 2.20. The Kier molecular flexibility index (Phi) is 6.02. The number of carbonyl (C=O) groups is 1. The Hall–Kier alpha value is -1.39. The minimum atomic E-state index is -0.162. The van der Waals surface area contributed by atoms with E-state index < -0.39 is 0 Å². The molecule has 1 unspecified atom stereocenters. The van der Waals surface area contributed by atoms with Crippen LogP contribution in [0.25, 0.3) is 0 Å². The molecule has 0 radical (unpaired) electrons. The van der Waals surface area contributed by atoms with Crippen molar-refractivity contribution in [3.05, 3.63) is 35.9 Å². The van der Waals surface area contributed by atoms with E-state index in [9.17, 15) is 4.79 Å². The van der Waals surface area contributed by atoms with Crippen molar-refractivity contribution >= 4 is 5.97 Å². The first-order valence-corrected chi connectivity index (χ1v) is 7.34. The van der Waals surface area contributed by atoms with Crippen LogP contribution in [-0.4, -0.2) is 41.7 Å². The Balaban J connectivity index is 1.73. The number of esters is 1. The van der Waals surface area contributed by atoms with Crippen LogP contribution in [0.15, 0.2) is 30.3 Å². The molecule has 0 amide bonds.